The fourth-order valence-electron chi connectivity index (χ4n) is 9.31. The van der Waals surface area contributed by atoms with Crippen LogP contribution in [0.25, 0.3) is 32.9 Å². The number of nitrogens with zero attached hydrogens (tertiary/aromatic N) is 5. The molecule has 3 atom stereocenters. The first-order chi connectivity index (χ1) is 25.4. The van der Waals surface area contributed by atoms with Gasteiger partial charge in [0, 0.05) is 48.0 Å². The average Bonchev–Trinajstić information content (AvgIpc) is 3.45. The van der Waals surface area contributed by atoms with Gasteiger partial charge in [0.25, 0.3) is 0 Å². The number of nitrogens with one attached hydrogen (secondary N) is 1. The van der Waals surface area contributed by atoms with Gasteiger partial charge < -0.3 is 34.6 Å². The SMILES string of the molecule is COc1nc(-c2cc(O)cc3cccc(F)c23)c(F)c2nc(OCC34CCCC3N(C3CC(NC(C)=O)C3)CCC4)nc(N3CCOCC(C)(O)C3)c12. The van der Waals surface area contributed by atoms with Crippen LogP contribution in [0, 0.1) is 17.0 Å². The van der Waals surface area contributed by atoms with Gasteiger partial charge >= 0.3 is 6.01 Å². The minimum absolute atomic E-state index is 0.00108. The minimum Gasteiger partial charge on any atom is -0.508 e. The van der Waals surface area contributed by atoms with Crippen LogP contribution in [-0.4, -0.2) is 106 Å². The van der Waals surface area contributed by atoms with Crippen molar-refractivity contribution in [3.05, 3.63) is 42.0 Å². The Hall–Kier alpha value is -4.40. The molecule has 3 unspecified atom stereocenters. The molecule has 2 aromatic heterocycles. The lowest BCUT2D eigenvalue weighted by atomic mass is 9.73. The number of anilines is 1. The van der Waals surface area contributed by atoms with E-state index in [-0.39, 0.29) is 88.1 Å². The topological polar surface area (TPSA) is 142 Å². The number of ether oxygens (including phenoxy) is 3. The lowest BCUT2D eigenvalue weighted by Crippen LogP contribution is -2.61. The lowest BCUT2D eigenvalue weighted by molar-refractivity contribution is -0.121. The summed E-state index contributed by atoms with van der Waals surface area (Å²) in [7, 11) is 1.40. The van der Waals surface area contributed by atoms with E-state index in [0.29, 0.717) is 30.6 Å². The Morgan fingerprint density at radius 3 is 2.72 bits per heavy atom. The second kappa shape index (κ2) is 13.8. The van der Waals surface area contributed by atoms with Crippen molar-refractivity contribution in [1.82, 2.24) is 25.2 Å². The van der Waals surface area contributed by atoms with Crippen molar-refractivity contribution in [2.45, 2.75) is 82.5 Å². The Morgan fingerprint density at radius 2 is 1.92 bits per heavy atom. The van der Waals surface area contributed by atoms with Crippen molar-refractivity contribution in [2.75, 3.05) is 51.5 Å². The number of likely N-dealkylation sites (tertiary alicyclic amines) is 1. The molecule has 0 spiro atoms. The Labute approximate surface area is 306 Å². The second-order valence-electron chi connectivity index (χ2n) is 15.6. The number of aliphatic hydroxyl groups is 1. The van der Waals surface area contributed by atoms with Crippen molar-refractivity contribution in [1.29, 1.82) is 0 Å². The summed E-state index contributed by atoms with van der Waals surface area (Å²) in [6.07, 6.45) is 6.96. The highest BCUT2D eigenvalue weighted by atomic mass is 19.1. The van der Waals surface area contributed by atoms with Gasteiger partial charge in [0.2, 0.25) is 11.8 Å². The predicted octanol–water partition coefficient (Wildman–Crippen LogP) is 5.11. The van der Waals surface area contributed by atoms with Crippen LogP contribution in [0.5, 0.6) is 17.6 Å². The zero-order valence-corrected chi connectivity index (χ0v) is 30.3. The maximum atomic E-state index is 17.1. The number of amides is 1. The number of β-amino-alcohol motifs (C(OH)–C–C–N with tert-alkyl or cyclic N) is 1. The van der Waals surface area contributed by atoms with Crippen LogP contribution in [-0.2, 0) is 9.53 Å². The zero-order valence-electron chi connectivity index (χ0n) is 30.3. The van der Waals surface area contributed by atoms with Gasteiger partial charge in [-0.3, -0.25) is 9.69 Å². The number of halogens is 2. The summed E-state index contributed by atoms with van der Waals surface area (Å²) in [5, 5.41) is 25.4. The highest BCUT2D eigenvalue weighted by molar-refractivity contribution is 6.02. The highest BCUT2D eigenvalue weighted by Crippen LogP contribution is 2.50. The van der Waals surface area contributed by atoms with E-state index in [1.54, 1.807) is 24.8 Å². The molecule has 12 nitrogen and oxygen atoms in total. The summed E-state index contributed by atoms with van der Waals surface area (Å²) < 4.78 is 50.5. The van der Waals surface area contributed by atoms with Crippen molar-refractivity contribution < 1.29 is 38.0 Å². The van der Waals surface area contributed by atoms with Gasteiger partial charge in [-0.25, -0.2) is 13.8 Å². The summed E-state index contributed by atoms with van der Waals surface area (Å²) in [5.41, 5.74) is -1.75. The fourth-order valence-corrected chi connectivity index (χ4v) is 9.31. The molecule has 14 heteroatoms. The van der Waals surface area contributed by atoms with E-state index in [0.717, 1.165) is 51.5 Å². The number of fused-ring (bicyclic) bond motifs is 3. The summed E-state index contributed by atoms with van der Waals surface area (Å²) in [6, 6.07) is 7.99. The first-order valence-electron chi connectivity index (χ1n) is 18.5. The number of pyridine rings is 1. The number of carbonyl (C=O) groups is 1. The molecular weight excluding hydrogens is 686 g/mol. The molecule has 4 fully saturated rings. The fraction of sp³-hybridized carbons (Fsp3) is 0.538. The number of hydrogen-bond donors (Lipinski definition) is 3. The molecule has 53 heavy (non-hydrogen) atoms. The standard InChI is InChI=1S/C39H46F2N6O6/c1-22(48)42-24-16-25(17-24)47-12-6-11-39(10-5-9-29(39)47)21-53-37-44-34-31(35(45-37)46-13-14-52-20-38(2,50)19-46)36(51-3)43-33(32(34)41)27-18-26(49)15-23-7-4-8-28(40)30(23)27/h4,7-8,15,18,24-25,29,49-50H,5-6,9-14,16-17,19-21H2,1-3H3,(H,42,48). The summed E-state index contributed by atoms with van der Waals surface area (Å²) in [4.78, 5) is 30.1. The van der Waals surface area contributed by atoms with Crippen LogP contribution in [0.2, 0.25) is 0 Å². The van der Waals surface area contributed by atoms with E-state index >= 15 is 8.78 Å². The van der Waals surface area contributed by atoms with Crippen molar-refractivity contribution in [3.63, 3.8) is 0 Å². The molecule has 2 aliphatic heterocycles. The Morgan fingerprint density at radius 1 is 1.11 bits per heavy atom. The first kappa shape index (κ1) is 35.6. The van der Waals surface area contributed by atoms with Gasteiger partial charge in [0.1, 0.15) is 39.6 Å². The number of hydrogen-bond acceptors (Lipinski definition) is 11. The van der Waals surface area contributed by atoms with Crippen LogP contribution in [0.3, 0.4) is 0 Å². The van der Waals surface area contributed by atoms with Gasteiger partial charge in [-0.1, -0.05) is 18.6 Å². The number of aromatic nitrogens is 3. The Kier molecular flexibility index (Phi) is 9.26. The van der Waals surface area contributed by atoms with Gasteiger partial charge in [0.15, 0.2) is 5.82 Å². The zero-order chi connectivity index (χ0) is 37.1. The molecular formula is C39H46F2N6O6. The number of piperidine rings is 1. The number of carbonyl (C=O) groups excluding carboxylic acids is 1. The normalized spacial score (nSPS) is 27.7. The molecule has 0 radical (unpaired) electrons. The third kappa shape index (κ3) is 6.58. The van der Waals surface area contributed by atoms with E-state index in [1.165, 1.54) is 31.4 Å². The van der Waals surface area contributed by atoms with Gasteiger partial charge in [-0.05, 0) is 75.6 Å². The van der Waals surface area contributed by atoms with E-state index in [2.05, 4.69) is 20.2 Å². The molecule has 2 saturated heterocycles. The molecule has 282 valence electrons. The molecule has 4 aromatic rings. The third-order valence-corrected chi connectivity index (χ3v) is 11.6. The average molecular weight is 733 g/mol. The predicted molar refractivity (Wildman–Crippen MR) is 194 cm³/mol. The molecule has 8 rings (SSSR count). The number of rotatable bonds is 8. The first-order valence-corrected chi connectivity index (χ1v) is 18.5. The van der Waals surface area contributed by atoms with Crippen LogP contribution in [0.15, 0.2) is 30.3 Å². The Balaban J connectivity index is 1.21. The highest BCUT2D eigenvalue weighted by Gasteiger charge is 2.52. The number of phenols is 1. The van der Waals surface area contributed by atoms with Crippen LogP contribution in [0.1, 0.15) is 58.8 Å². The largest absolute Gasteiger partial charge is 0.508 e. The van der Waals surface area contributed by atoms with Crippen molar-refractivity contribution >= 4 is 33.4 Å². The van der Waals surface area contributed by atoms with Crippen LogP contribution >= 0.6 is 0 Å². The molecule has 3 N–H and O–H groups in total. The summed E-state index contributed by atoms with van der Waals surface area (Å²) in [5.74, 6) is -1.39. The van der Waals surface area contributed by atoms with Gasteiger partial charge in [-0.15, -0.1) is 0 Å². The third-order valence-electron chi connectivity index (χ3n) is 11.6. The van der Waals surface area contributed by atoms with Gasteiger partial charge in [0.05, 0.1) is 33.5 Å². The second-order valence-corrected chi connectivity index (χ2v) is 15.6. The number of methoxy groups -OCH3 is 1. The van der Waals surface area contributed by atoms with Crippen molar-refractivity contribution in [2.24, 2.45) is 5.41 Å². The molecule has 2 saturated carbocycles. The minimum atomic E-state index is -1.24. The number of phenolic OH excluding ortho intramolecular Hbond substituents is 1. The van der Waals surface area contributed by atoms with E-state index in [9.17, 15) is 15.0 Å². The Bertz CT molecular complexity index is 2060. The maximum absolute atomic E-state index is 17.1. The molecule has 2 aromatic carbocycles. The quantitative estimate of drug-likeness (QED) is 0.223. The van der Waals surface area contributed by atoms with Crippen molar-refractivity contribution in [3.8, 4) is 28.9 Å². The molecule has 2 aliphatic carbocycles. The monoisotopic (exact) mass is 732 g/mol. The lowest BCUT2D eigenvalue weighted by Gasteiger charge is -2.53. The van der Waals surface area contributed by atoms with E-state index in [1.807, 2.05) is 0 Å². The van der Waals surface area contributed by atoms with E-state index < -0.39 is 17.2 Å². The summed E-state index contributed by atoms with van der Waals surface area (Å²) in [6.45, 7) is 5.40. The molecule has 4 heterocycles. The number of aromatic hydroxyl groups is 1. The van der Waals surface area contributed by atoms with Crippen LogP contribution in [0.4, 0.5) is 14.6 Å². The molecule has 0 bridgehead atoms. The summed E-state index contributed by atoms with van der Waals surface area (Å²) >= 11 is 0. The molecule has 4 aliphatic rings. The van der Waals surface area contributed by atoms with E-state index in [4.69, 9.17) is 19.2 Å². The van der Waals surface area contributed by atoms with Crippen LogP contribution < -0.4 is 19.7 Å². The maximum Gasteiger partial charge on any atom is 0.319 e. The van der Waals surface area contributed by atoms with Gasteiger partial charge in [-0.2, -0.15) is 9.97 Å². The number of benzene rings is 2. The molecule has 1 amide bonds. The smallest absolute Gasteiger partial charge is 0.319 e.